The molecule has 2 unspecified atom stereocenters. The highest BCUT2D eigenvalue weighted by atomic mass is 32.2. The second kappa shape index (κ2) is 5.60. The molecule has 108 valence electrons. The predicted molar refractivity (Wildman–Crippen MR) is 73.1 cm³/mol. The Morgan fingerprint density at radius 2 is 2.26 bits per heavy atom. The Kier molecular flexibility index (Phi) is 4.27. The lowest BCUT2D eigenvalue weighted by atomic mass is 10.0. The Balaban J connectivity index is 2.23. The Morgan fingerprint density at radius 3 is 2.84 bits per heavy atom. The molecule has 0 saturated heterocycles. The van der Waals surface area contributed by atoms with Crippen molar-refractivity contribution in [1.82, 2.24) is 14.3 Å². The molecule has 0 aliphatic heterocycles. The Hall–Kier alpha value is -0.920. The number of hydrogen-bond acceptors (Lipinski definition) is 4. The number of sulfonamides is 1. The molecule has 2 rings (SSSR count). The topological polar surface area (TPSA) is 92.1 Å². The van der Waals surface area contributed by atoms with Crippen LogP contribution in [0.4, 0.5) is 0 Å². The van der Waals surface area contributed by atoms with Crippen LogP contribution in [0.15, 0.2) is 11.2 Å². The Morgan fingerprint density at radius 1 is 1.53 bits per heavy atom. The van der Waals surface area contributed by atoms with Crippen molar-refractivity contribution in [3.05, 3.63) is 12.0 Å². The minimum Gasteiger partial charge on any atom is -0.332 e. The van der Waals surface area contributed by atoms with Crippen LogP contribution in [0.25, 0.3) is 0 Å². The monoisotopic (exact) mass is 286 g/mol. The number of imidazole rings is 1. The zero-order chi connectivity index (χ0) is 14.0. The van der Waals surface area contributed by atoms with Gasteiger partial charge in [-0.05, 0) is 25.3 Å². The molecule has 3 N–H and O–H groups in total. The predicted octanol–water partition coefficient (Wildman–Crippen LogP) is 0.720. The number of nitrogens with zero attached hydrogens (tertiary/aromatic N) is 2. The van der Waals surface area contributed by atoms with Crippen molar-refractivity contribution >= 4 is 10.0 Å². The van der Waals surface area contributed by atoms with Gasteiger partial charge in [0, 0.05) is 19.5 Å². The SMILES string of the molecule is CCc1ncc(S(=O)(=O)N(C)C2CCCC2CN)[nH]1. The van der Waals surface area contributed by atoms with Gasteiger partial charge in [-0.1, -0.05) is 13.3 Å². The second-order valence-electron chi connectivity index (χ2n) is 5.06. The summed E-state index contributed by atoms with van der Waals surface area (Å²) in [7, 11) is -1.86. The highest BCUT2D eigenvalue weighted by molar-refractivity contribution is 7.89. The number of aryl methyl sites for hydroxylation is 1. The molecule has 19 heavy (non-hydrogen) atoms. The normalized spacial score (nSPS) is 24.2. The molecule has 1 aliphatic carbocycles. The summed E-state index contributed by atoms with van der Waals surface area (Å²) in [4.78, 5) is 6.93. The average molecular weight is 286 g/mol. The quantitative estimate of drug-likeness (QED) is 0.834. The Bertz CT molecular complexity index is 526. The van der Waals surface area contributed by atoms with Gasteiger partial charge in [-0.25, -0.2) is 13.4 Å². The summed E-state index contributed by atoms with van der Waals surface area (Å²) in [6.07, 6.45) is 5.01. The number of hydrogen-bond donors (Lipinski definition) is 2. The molecule has 2 atom stereocenters. The molecule has 0 amide bonds. The summed E-state index contributed by atoms with van der Waals surface area (Å²) >= 11 is 0. The number of H-pyrrole nitrogens is 1. The van der Waals surface area contributed by atoms with Crippen LogP contribution in [-0.4, -0.2) is 42.3 Å². The van der Waals surface area contributed by atoms with E-state index in [0.717, 1.165) is 19.3 Å². The number of rotatable bonds is 5. The minimum atomic E-state index is -3.49. The van der Waals surface area contributed by atoms with Crippen LogP contribution < -0.4 is 5.73 Å². The molecule has 1 fully saturated rings. The molecule has 0 bridgehead atoms. The molecule has 1 saturated carbocycles. The number of nitrogens with one attached hydrogen (secondary N) is 1. The zero-order valence-electron chi connectivity index (χ0n) is 11.5. The van der Waals surface area contributed by atoms with Gasteiger partial charge in [0.05, 0.1) is 6.20 Å². The summed E-state index contributed by atoms with van der Waals surface area (Å²) in [5.41, 5.74) is 5.73. The molecule has 1 aliphatic rings. The molecule has 7 heteroatoms. The van der Waals surface area contributed by atoms with Gasteiger partial charge >= 0.3 is 0 Å². The van der Waals surface area contributed by atoms with Crippen molar-refractivity contribution in [3.63, 3.8) is 0 Å². The summed E-state index contributed by atoms with van der Waals surface area (Å²) in [5.74, 6) is 0.946. The van der Waals surface area contributed by atoms with Crippen molar-refractivity contribution in [2.24, 2.45) is 11.7 Å². The van der Waals surface area contributed by atoms with Crippen LogP contribution in [0.2, 0.25) is 0 Å². The lowest BCUT2D eigenvalue weighted by molar-refractivity contribution is 0.303. The highest BCUT2D eigenvalue weighted by Crippen LogP contribution is 2.31. The molecule has 6 nitrogen and oxygen atoms in total. The second-order valence-corrected chi connectivity index (χ2v) is 7.03. The van der Waals surface area contributed by atoms with Gasteiger partial charge < -0.3 is 10.7 Å². The average Bonchev–Trinajstić information content (AvgIpc) is 3.06. The fourth-order valence-corrected chi connectivity index (χ4v) is 4.14. The van der Waals surface area contributed by atoms with E-state index >= 15 is 0 Å². The van der Waals surface area contributed by atoms with Gasteiger partial charge in [0.2, 0.25) is 0 Å². The number of aromatic amines is 1. The van der Waals surface area contributed by atoms with Crippen molar-refractivity contribution < 1.29 is 8.42 Å². The van der Waals surface area contributed by atoms with Gasteiger partial charge in [-0.3, -0.25) is 0 Å². The smallest absolute Gasteiger partial charge is 0.260 e. The standard InChI is InChI=1S/C12H22N4O2S/c1-3-11-14-8-12(15-11)19(17,18)16(2)10-6-4-5-9(10)7-13/h8-10H,3-7,13H2,1-2H3,(H,14,15). The number of nitrogens with two attached hydrogens (primary N) is 1. The molecule has 1 aromatic rings. The van der Waals surface area contributed by atoms with E-state index in [0.29, 0.717) is 18.8 Å². The first-order valence-corrected chi connectivity index (χ1v) is 8.16. The summed E-state index contributed by atoms with van der Waals surface area (Å²) < 4.78 is 26.5. The van der Waals surface area contributed by atoms with E-state index in [1.807, 2.05) is 6.92 Å². The first-order valence-electron chi connectivity index (χ1n) is 6.72. The third-order valence-electron chi connectivity index (χ3n) is 3.99. The van der Waals surface area contributed by atoms with E-state index in [1.54, 1.807) is 7.05 Å². The minimum absolute atomic E-state index is 0.00313. The fourth-order valence-electron chi connectivity index (χ4n) is 2.76. The van der Waals surface area contributed by atoms with E-state index in [2.05, 4.69) is 9.97 Å². The van der Waals surface area contributed by atoms with Gasteiger partial charge in [-0.15, -0.1) is 0 Å². The molecular weight excluding hydrogens is 264 g/mol. The highest BCUT2D eigenvalue weighted by Gasteiger charge is 2.36. The third kappa shape index (κ3) is 2.68. The van der Waals surface area contributed by atoms with Crippen LogP contribution in [0, 0.1) is 5.92 Å². The maximum absolute atomic E-state index is 12.5. The number of aromatic nitrogens is 2. The first-order chi connectivity index (χ1) is 9.00. The fraction of sp³-hybridized carbons (Fsp3) is 0.750. The van der Waals surface area contributed by atoms with E-state index in [4.69, 9.17) is 5.73 Å². The largest absolute Gasteiger partial charge is 0.332 e. The van der Waals surface area contributed by atoms with Crippen molar-refractivity contribution in [3.8, 4) is 0 Å². The molecular formula is C12H22N4O2S. The Labute approximate surface area is 114 Å². The lowest BCUT2D eigenvalue weighted by Gasteiger charge is -2.27. The van der Waals surface area contributed by atoms with Gasteiger partial charge in [0.25, 0.3) is 10.0 Å². The zero-order valence-corrected chi connectivity index (χ0v) is 12.3. The van der Waals surface area contributed by atoms with Crippen molar-refractivity contribution in [1.29, 1.82) is 0 Å². The van der Waals surface area contributed by atoms with Crippen LogP contribution in [0.3, 0.4) is 0 Å². The van der Waals surface area contributed by atoms with Crippen molar-refractivity contribution in [2.75, 3.05) is 13.6 Å². The van der Waals surface area contributed by atoms with E-state index < -0.39 is 10.0 Å². The van der Waals surface area contributed by atoms with Gasteiger partial charge in [0.1, 0.15) is 5.82 Å². The van der Waals surface area contributed by atoms with E-state index in [-0.39, 0.29) is 17.0 Å². The van der Waals surface area contributed by atoms with E-state index in [1.165, 1.54) is 10.5 Å². The first kappa shape index (κ1) is 14.5. The van der Waals surface area contributed by atoms with E-state index in [9.17, 15) is 8.42 Å². The summed E-state index contributed by atoms with van der Waals surface area (Å²) in [5, 5.41) is 0.175. The van der Waals surface area contributed by atoms with Crippen LogP contribution in [-0.2, 0) is 16.4 Å². The molecule has 0 radical (unpaired) electrons. The maximum Gasteiger partial charge on any atom is 0.260 e. The molecule has 1 aromatic heterocycles. The summed E-state index contributed by atoms with van der Waals surface area (Å²) in [6.45, 7) is 2.47. The lowest BCUT2D eigenvalue weighted by Crippen LogP contribution is -2.41. The van der Waals surface area contributed by atoms with Crippen molar-refractivity contribution in [2.45, 2.75) is 43.7 Å². The van der Waals surface area contributed by atoms with Crippen LogP contribution in [0.5, 0.6) is 0 Å². The summed E-state index contributed by atoms with van der Waals surface area (Å²) in [6, 6.07) is 0.00313. The van der Waals surface area contributed by atoms with Gasteiger partial charge in [0.15, 0.2) is 5.03 Å². The third-order valence-corrected chi connectivity index (χ3v) is 5.78. The van der Waals surface area contributed by atoms with Crippen LogP contribution >= 0.6 is 0 Å². The molecule has 0 aromatic carbocycles. The maximum atomic E-state index is 12.5. The van der Waals surface area contributed by atoms with Gasteiger partial charge in [-0.2, -0.15) is 4.31 Å². The molecule has 0 spiro atoms. The van der Waals surface area contributed by atoms with Crippen LogP contribution in [0.1, 0.15) is 32.0 Å². The molecule has 1 heterocycles.